The van der Waals surface area contributed by atoms with Crippen LogP contribution in [0, 0.1) is 0 Å². The lowest BCUT2D eigenvalue weighted by Gasteiger charge is -2.40. The fourth-order valence-corrected chi connectivity index (χ4v) is 4.01. The fourth-order valence-electron chi connectivity index (χ4n) is 4.01. The number of ether oxygens (including phenoxy) is 1. The van der Waals surface area contributed by atoms with Crippen LogP contribution in [-0.2, 0) is 16.0 Å². The van der Waals surface area contributed by atoms with Crippen LogP contribution in [0.25, 0.3) is 10.9 Å². The maximum atomic E-state index is 12.4. The smallest absolute Gasteiger partial charge is 0.323 e. The summed E-state index contributed by atoms with van der Waals surface area (Å²) >= 11 is 0. The Morgan fingerprint density at radius 1 is 1.32 bits per heavy atom. The van der Waals surface area contributed by atoms with Crippen LogP contribution < -0.4 is 0 Å². The summed E-state index contributed by atoms with van der Waals surface area (Å²) in [6, 6.07) is 7.78. The molecule has 0 saturated carbocycles. The Balaban J connectivity index is 1.99. The highest BCUT2D eigenvalue weighted by Gasteiger charge is 2.42. The van der Waals surface area contributed by atoms with Crippen LogP contribution in [-0.4, -0.2) is 41.5 Å². The van der Waals surface area contributed by atoms with E-state index in [9.17, 15) is 9.59 Å². The van der Waals surface area contributed by atoms with Gasteiger partial charge in [0.2, 0.25) is 5.91 Å². The molecule has 0 spiro atoms. The number of methoxy groups -OCH3 is 1. The van der Waals surface area contributed by atoms with E-state index in [-0.39, 0.29) is 24.0 Å². The maximum absolute atomic E-state index is 12.4. The van der Waals surface area contributed by atoms with E-state index >= 15 is 0 Å². The van der Waals surface area contributed by atoms with Gasteiger partial charge in [0.1, 0.15) is 6.04 Å². The van der Waals surface area contributed by atoms with Gasteiger partial charge in [0.05, 0.1) is 18.7 Å². The molecule has 0 unspecified atom stereocenters. The number of fused-ring (bicyclic) bond motifs is 3. The Labute approximate surface area is 128 Å². The largest absolute Gasteiger partial charge is 0.468 e. The lowest BCUT2D eigenvalue weighted by Crippen LogP contribution is -2.48. The highest BCUT2D eigenvalue weighted by atomic mass is 16.5. The minimum atomic E-state index is -0.282. The van der Waals surface area contributed by atoms with Gasteiger partial charge in [0, 0.05) is 23.9 Å². The van der Waals surface area contributed by atoms with Gasteiger partial charge in [-0.3, -0.25) is 19.1 Å². The van der Waals surface area contributed by atoms with Crippen molar-refractivity contribution in [2.45, 2.75) is 31.3 Å². The summed E-state index contributed by atoms with van der Waals surface area (Å²) in [7, 11) is 3.38. The monoisotopic (exact) mass is 298 g/mol. The predicted molar refractivity (Wildman–Crippen MR) is 81.8 cm³/mol. The van der Waals surface area contributed by atoms with Crippen molar-refractivity contribution < 1.29 is 14.3 Å². The summed E-state index contributed by atoms with van der Waals surface area (Å²) in [6.07, 6.45) is 1.86. The minimum Gasteiger partial charge on any atom is -0.468 e. The molecule has 4 rings (SSSR count). The molecule has 0 aliphatic carbocycles. The molecule has 3 heterocycles. The van der Waals surface area contributed by atoms with E-state index in [1.165, 1.54) is 7.11 Å². The van der Waals surface area contributed by atoms with E-state index in [1.807, 2.05) is 35.9 Å². The molecule has 0 radical (unpaired) electrons. The third-order valence-electron chi connectivity index (χ3n) is 5.07. The molecule has 5 nitrogen and oxygen atoms in total. The standard InChI is InChI=1S/C17H18N2O3/c1-18-13-7-8-15(20)19-12-6-4-3-5-10(12)11(16(13)19)9-14(18)17(21)22-2/h3-6,13-14H,7-9H2,1-2H3/t13-,14+/m1/s1. The molecule has 5 heteroatoms. The second-order valence-electron chi connectivity index (χ2n) is 6.07. The maximum Gasteiger partial charge on any atom is 0.323 e. The Morgan fingerprint density at radius 2 is 2.09 bits per heavy atom. The molecule has 2 aliphatic rings. The van der Waals surface area contributed by atoms with Gasteiger partial charge in [0.15, 0.2) is 0 Å². The van der Waals surface area contributed by atoms with Crippen molar-refractivity contribution in [3.8, 4) is 0 Å². The molecule has 1 aromatic carbocycles. The Morgan fingerprint density at radius 3 is 2.86 bits per heavy atom. The SMILES string of the molecule is COC(=O)[C@@H]1Cc2c3n(c4ccccc24)C(=O)CC[C@H]3N1C. The minimum absolute atomic E-state index is 0.0953. The summed E-state index contributed by atoms with van der Waals surface area (Å²) in [4.78, 5) is 26.6. The molecule has 114 valence electrons. The van der Waals surface area contributed by atoms with Crippen LogP contribution >= 0.6 is 0 Å². The fraction of sp³-hybridized carbons (Fsp3) is 0.412. The van der Waals surface area contributed by atoms with Gasteiger partial charge in [-0.1, -0.05) is 18.2 Å². The van der Waals surface area contributed by atoms with Crippen LogP contribution in [0.1, 0.15) is 34.9 Å². The van der Waals surface area contributed by atoms with Crippen LogP contribution in [0.5, 0.6) is 0 Å². The van der Waals surface area contributed by atoms with Gasteiger partial charge >= 0.3 is 5.97 Å². The van der Waals surface area contributed by atoms with E-state index in [4.69, 9.17) is 4.74 Å². The van der Waals surface area contributed by atoms with Crippen molar-refractivity contribution in [3.63, 3.8) is 0 Å². The molecule has 2 aromatic rings. The lowest BCUT2D eigenvalue weighted by molar-refractivity contribution is -0.148. The van der Waals surface area contributed by atoms with E-state index in [2.05, 4.69) is 4.90 Å². The van der Waals surface area contributed by atoms with Crippen molar-refractivity contribution >= 4 is 22.8 Å². The summed E-state index contributed by atoms with van der Waals surface area (Å²) in [6.45, 7) is 0. The van der Waals surface area contributed by atoms with Crippen LogP contribution in [0.4, 0.5) is 0 Å². The Bertz CT molecular complexity index is 793. The van der Waals surface area contributed by atoms with Gasteiger partial charge in [0.25, 0.3) is 0 Å². The second-order valence-corrected chi connectivity index (χ2v) is 6.07. The first-order valence-corrected chi connectivity index (χ1v) is 7.58. The number of likely N-dealkylation sites (N-methyl/N-ethyl adjacent to an activating group) is 1. The number of carbonyl (C=O) groups is 2. The van der Waals surface area contributed by atoms with Gasteiger partial charge in [-0.2, -0.15) is 0 Å². The molecular formula is C17H18N2O3. The number of aromatic nitrogens is 1. The van der Waals surface area contributed by atoms with Crippen molar-refractivity contribution in [3.05, 3.63) is 35.5 Å². The van der Waals surface area contributed by atoms with E-state index < -0.39 is 0 Å². The lowest BCUT2D eigenvalue weighted by atomic mass is 9.88. The highest BCUT2D eigenvalue weighted by molar-refractivity contribution is 5.98. The van der Waals surface area contributed by atoms with Gasteiger partial charge < -0.3 is 4.74 Å². The van der Waals surface area contributed by atoms with Crippen molar-refractivity contribution in [2.24, 2.45) is 0 Å². The number of para-hydroxylation sites is 1. The molecule has 0 fully saturated rings. The van der Waals surface area contributed by atoms with E-state index in [0.717, 1.165) is 28.6 Å². The van der Waals surface area contributed by atoms with Crippen LogP contribution in [0.3, 0.4) is 0 Å². The first-order chi connectivity index (χ1) is 10.6. The van der Waals surface area contributed by atoms with Gasteiger partial charge in [-0.15, -0.1) is 0 Å². The third kappa shape index (κ3) is 1.63. The average molecular weight is 298 g/mol. The zero-order valence-electron chi connectivity index (χ0n) is 12.7. The molecule has 0 saturated heterocycles. The van der Waals surface area contributed by atoms with E-state index in [1.54, 1.807) is 0 Å². The zero-order chi connectivity index (χ0) is 15.4. The summed E-state index contributed by atoms with van der Waals surface area (Å²) in [5.41, 5.74) is 3.16. The van der Waals surface area contributed by atoms with Crippen molar-refractivity contribution in [2.75, 3.05) is 14.2 Å². The normalized spacial score (nSPS) is 24.4. The predicted octanol–water partition coefficient (Wildman–Crippen LogP) is 2.15. The van der Waals surface area contributed by atoms with Crippen LogP contribution in [0.2, 0.25) is 0 Å². The first kappa shape index (κ1) is 13.5. The van der Waals surface area contributed by atoms with Crippen LogP contribution in [0.15, 0.2) is 24.3 Å². The molecule has 0 N–H and O–H groups in total. The van der Waals surface area contributed by atoms with Gasteiger partial charge in [-0.05, 0) is 25.1 Å². The number of hydrogen-bond acceptors (Lipinski definition) is 4. The first-order valence-electron chi connectivity index (χ1n) is 7.58. The molecular weight excluding hydrogens is 280 g/mol. The van der Waals surface area contributed by atoms with Crippen molar-refractivity contribution in [1.29, 1.82) is 0 Å². The summed E-state index contributed by atoms with van der Waals surface area (Å²) < 4.78 is 6.84. The summed E-state index contributed by atoms with van der Waals surface area (Å²) in [5, 5.41) is 1.08. The molecule has 0 amide bonds. The van der Waals surface area contributed by atoms with Gasteiger partial charge in [-0.25, -0.2) is 0 Å². The second kappa shape index (κ2) is 4.68. The number of carbonyl (C=O) groups excluding carboxylic acids is 2. The highest BCUT2D eigenvalue weighted by Crippen LogP contribution is 2.43. The Hall–Kier alpha value is -2.14. The molecule has 2 atom stereocenters. The number of benzene rings is 1. The topological polar surface area (TPSA) is 51.5 Å². The summed E-state index contributed by atoms with van der Waals surface area (Å²) in [5.74, 6) is -0.0551. The zero-order valence-corrected chi connectivity index (χ0v) is 12.7. The quantitative estimate of drug-likeness (QED) is 0.757. The molecule has 0 bridgehead atoms. The average Bonchev–Trinajstić information content (AvgIpc) is 2.87. The Kier molecular flexibility index (Phi) is 2.87. The van der Waals surface area contributed by atoms with Crippen molar-refractivity contribution in [1.82, 2.24) is 9.47 Å². The number of esters is 1. The van der Waals surface area contributed by atoms with E-state index in [0.29, 0.717) is 12.8 Å². The number of hydrogen-bond donors (Lipinski definition) is 0. The number of rotatable bonds is 1. The molecule has 22 heavy (non-hydrogen) atoms. The molecule has 2 aliphatic heterocycles. The number of nitrogens with zero attached hydrogens (tertiary/aromatic N) is 2. The molecule has 1 aromatic heterocycles. The third-order valence-corrected chi connectivity index (χ3v) is 5.07.